The molecule has 0 radical (unpaired) electrons. The first-order chi connectivity index (χ1) is 13.1. The predicted molar refractivity (Wildman–Crippen MR) is 111 cm³/mol. The Morgan fingerprint density at radius 2 is 1.48 bits per heavy atom. The number of aliphatic imine (C=N–C) groups is 1. The first-order valence-electron chi connectivity index (χ1n) is 8.72. The summed E-state index contributed by atoms with van der Waals surface area (Å²) in [7, 11) is 0. The van der Waals surface area contributed by atoms with E-state index in [9.17, 15) is 5.11 Å². The highest BCUT2D eigenvalue weighted by Gasteiger charge is 2.27. The van der Waals surface area contributed by atoms with Gasteiger partial charge in [-0.3, -0.25) is 10.3 Å². The van der Waals surface area contributed by atoms with E-state index in [0.717, 1.165) is 22.4 Å². The number of aromatic hydroxyl groups is 1. The van der Waals surface area contributed by atoms with Crippen LogP contribution in [0.1, 0.15) is 35.3 Å². The van der Waals surface area contributed by atoms with Crippen LogP contribution < -0.4 is 5.32 Å². The number of benzene rings is 3. The fraction of sp³-hybridized carbons (Fsp3) is 0.136. The first-order valence-corrected chi connectivity index (χ1v) is 9.48. The molecule has 2 N–H and O–H groups in total. The number of phenolic OH excluding ortho intramolecular Hbond substituents is 1. The van der Waals surface area contributed by atoms with Crippen molar-refractivity contribution >= 4 is 28.9 Å². The van der Waals surface area contributed by atoms with Crippen LogP contribution in [0, 0.1) is 0 Å². The van der Waals surface area contributed by atoms with Crippen LogP contribution in [-0.2, 0) is 0 Å². The summed E-state index contributed by atoms with van der Waals surface area (Å²) in [6, 6.07) is 22.7. The van der Waals surface area contributed by atoms with Gasteiger partial charge in [-0.15, -0.1) is 0 Å². The Kier molecular flexibility index (Phi) is 5.17. The molecule has 0 aliphatic carbocycles. The van der Waals surface area contributed by atoms with Crippen molar-refractivity contribution in [2.24, 2.45) is 4.99 Å². The van der Waals surface area contributed by atoms with Crippen LogP contribution in [0.5, 0.6) is 5.75 Å². The first kappa shape index (κ1) is 18.1. The van der Waals surface area contributed by atoms with E-state index in [1.54, 1.807) is 6.07 Å². The second-order valence-electron chi connectivity index (χ2n) is 6.52. The molecule has 136 valence electrons. The van der Waals surface area contributed by atoms with Gasteiger partial charge in [-0.25, -0.2) is 0 Å². The summed E-state index contributed by atoms with van der Waals surface area (Å²) < 4.78 is 0. The van der Waals surface area contributed by atoms with Crippen LogP contribution in [0.2, 0.25) is 10.0 Å². The molecule has 0 bridgehead atoms. The molecule has 3 nitrogen and oxygen atoms in total. The largest absolute Gasteiger partial charge is 0.508 e. The van der Waals surface area contributed by atoms with Crippen molar-refractivity contribution in [2.75, 3.05) is 0 Å². The highest BCUT2D eigenvalue weighted by molar-refractivity contribution is 6.30. The van der Waals surface area contributed by atoms with Gasteiger partial charge in [-0.1, -0.05) is 65.7 Å². The maximum absolute atomic E-state index is 10.3. The number of halogens is 2. The van der Waals surface area contributed by atoms with Crippen LogP contribution in [-0.4, -0.2) is 10.8 Å². The monoisotopic (exact) mass is 396 g/mol. The van der Waals surface area contributed by atoms with Gasteiger partial charge in [0.1, 0.15) is 11.9 Å². The maximum atomic E-state index is 10.3. The molecule has 0 unspecified atom stereocenters. The summed E-state index contributed by atoms with van der Waals surface area (Å²) in [5.74, 6) is 0.280. The molecular weight excluding hydrogens is 379 g/mol. The Balaban J connectivity index is 1.75. The van der Waals surface area contributed by atoms with Crippen LogP contribution in [0.3, 0.4) is 0 Å². The molecule has 0 fully saturated rings. The van der Waals surface area contributed by atoms with Crippen molar-refractivity contribution in [3.63, 3.8) is 0 Å². The van der Waals surface area contributed by atoms with E-state index in [-0.39, 0.29) is 18.0 Å². The fourth-order valence-electron chi connectivity index (χ4n) is 3.32. The van der Waals surface area contributed by atoms with E-state index in [0.29, 0.717) is 16.5 Å². The van der Waals surface area contributed by atoms with Gasteiger partial charge in [0, 0.05) is 33.8 Å². The highest BCUT2D eigenvalue weighted by Crippen LogP contribution is 2.34. The SMILES string of the molecule is Oc1ccccc1[C@H]1CC(c2ccc(Cl)cc2)=N[C@H](c2ccc(Cl)cc2)N1. The minimum Gasteiger partial charge on any atom is -0.508 e. The summed E-state index contributed by atoms with van der Waals surface area (Å²) >= 11 is 12.1. The molecule has 3 aromatic rings. The van der Waals surface area contributed by atoms with Crippen LogP contribution in [0.15, 0.2) is 77.8 Å². The molecule has 2 atom stereocenters. The van der Waals surface area contributed by atoms with Gasteiger partial charge >= 0.3 is 0 Å². The smallest absolute Gasteiger partial charge is 0.126 e. The normalized spacial score (nSPS) is 19.6. The van der Waals surface area contributed by atoms with Gasteiger partial charge < -0.3 is 5.11 Å². The Hall–Kier alpha value is -2.33. The second-order valence-corrected chi connectivity index (χ2v) is 7.39. The number of para-hydroxylation sites is 1. The maximum Gasteiger partial charge on any atom is 0.126 e. The van der Waals surface area contributed by atoms with E-state index in [1.165, 1.54) is 0 Å². The van der Waals surface area contributed by atoms with E-state index < -0.39 is 0 Å². The zero-order valence-electron chi connectivity index (χ0n) is 14.4. The molecule has 4 rings (SSSR count). The lowest BCUT2D eigenvalue weighted by Gasteiger charge is -2.31. The van der Waals surface area contributed by atoms with E-state index >= 15 is 0 Å². The molecule has 27 heavy (non-hydrogen) atoms. The molecule has 0 saturated heterocycles. The number of nitrogens with zero attached hydrogens (tertiary/aromatic N) is 1. The number of hydrogen-bond acceptors (Lipinski definition) is 3. The third-order valence-electron chi connectivity index (χ3n) is 4.72. The predicted octanol–water partition coefficient (Wildman–Crippen LogP) is 5.92. The molecule has 0 amide bonds. The summed E-state index contributed by atoms with van der Waals surface area (Å²) in [6.07, 6.45) is 0.440. The molecule has 0 saturated carbocycles. The molecule has 0 aromatic heterocycles. The number of rotatable bonds is 3. The van der Waals surface area contributed by atoms with Crippen molar-refractivity contribution in [1.29, 1.82) is 0 Å². The van der Waals surface area contributed by atoms with Crippen LogP contribution >= 0.6 is 23.2 Å². The lowest BCUT2D eigenvalue weighted by atomic mass is 9.93. The Bertz CT molecular complexity index is 968. The standard InChI is InChI=1S/C22H18Cl2N2O/c23-16-9-5-14(6-10-16)19-13-20(18-3-1-2-4-21(18)27)26-22(25-19)15-7-11-17(24)12-8-15/h1-12,20,22,26-27H,13H2/t20-,22+/m1/s1. The Morgan fingerprint density at radius 1 is 0.852 bits per heavy atom. The van der Waals surface area contributed by atoms with Gasteiger partial charge in [0.05, 0.1) is 0 Å². The topological polar surface area (TPSA) is 44.6 Å². The van der Waals surface area contributed by atoms with E-state index in [4.69, 9.17) is 28.2 Å². The summed E-state index contributed by atoms with van der Waals surface area (Å²) in [5.41, 5.74) is 3.88. The summed E-state index contributed by atoms with van der Waals surface area (Å²) in [6.45, 7) is 0. The van der Waals surface area contributed by atoms with Crippen molar-refractivity contribution in [1.82, 2.24) is 5.32 Å². The van der Waals surface area contributed by atoms with E-state index in [2.05, 4.69) is 5.32 Å². The third kappa shape index (κ3) is 4.01. The van der Waals surface area contributed by atoms with Crippen LogP contribution in [0.4, 0.5) is 0 Å². The molecule has 3 aromatic carbocycles. The third-order valence-corrected chi connectivity index (χ3v) is 5.22. The minimum absolute atomic E-state index is 0.0601. The van der Waals surface area contributed by atoms with Crippen molar-refractivity contribution in [3.8, 4) is 5.75 Å². The lowest BCUT2D eigenvalue weighted by Crippen LogP contribution is -2.33. The lowest BCUT2D eigenvalue weighted by molar-refractivity contribution is 0.413. The number of nitrogens with one attached hydrogen (secondary N) is 1. The average Bonchev–Trinajstić information content (AvgIpc) is 2.69. The molecule has 0 spiro atoms. The summed E-state index contributed by atoms with van der Waals surface area (Å²) in [5, 5.41) is 15.3. The van der Waals surface area contributed by atoms with E-state index in [1.807, 2.05) is 66.7 Å². The zero-order valence-corrected chi connectivity index (χ0v) is 16.0. The van der Waals surface area contributed by atoms with Gasteiger partial charge in [0.2, 0.25) is 0 Å². The highest BCUT2D eigenvalue weighted by atomic mass is 35.5. The van der Waals surface area contributed by atoms with Crippen LogP contribution in [0.25, 0.3) is 0 Å². The quantitative estimate of drug-likeness (QED) is 0.576. The molecule has 1 aliphatic rings. The molecule has 1 heterocycles. The van der Waals surface area contributed by atoms with Crippen molar-refractivity contribution in [3.05, 3.63) is 99.5 Å². The second kappa shape index (κ2) is 7.73. The molecular formula is C22H18Cl2N2O. The fourth-order valence-corrected chi connectivity index (χ4v) is 3.57. The summed E-state index contributed by atoms with van der Waals surface area (Å²) in [4.78, 5) is 4.92. The number of phenols is 1. The van der Waals surface area contributed by atoms with Gasteiger partial charge in [-0.05, 0) is 41.5 Å². The van der Waals surface area contributed by atoms with Gasteiger partial charge in [0.25, 0.3) is 0 Å². The Labute approximate surface area is 168 Å². The number of hydrogen-bond donors (Lipinski definition) is 2. The molecule has 5 heteroatoms. The van der Waals surface area contributed by atoms with Gasteiger partial charge in [0.15, 0.2) is 0 Å². The minimum atomic E-state index is -0.230. The zero-order chi connectivity index (χ0) is 18.8. The molecule has 1 aliphatic heterocycles. The average molecular weight is 397 g/mol. The van der Waals surface area contributed by atoms with Crippen molar-refractivity contribution < 1.29 is 5.11 Å². The van der Waals surface area contributed by atoms with Gasteiger partial charge in [-0.2, -0.15) is 0 Å². The Morgan fingerprint density at radius 3 is 2.15 bits per heavy atom. The van der Waals surface area contributed by atoms with Crippen molar-refractivity contribution in [2.45, 2.75) is 18.6 Å².